The Balaban J connectivity index is 0. The van der Waals surface area contributed by atoms with Gasteiger partial charge in [0.1, 0.15) is 0 Å². The molecular formula is Ce2Sn2. The van der Waals surface area contributed by atoms with Crippen LogP contribution >= 0.6 is 0 Å². The summed E-state index contributed by atoms with van der Waals surface area (Å²) >= 11 is 0. The fourth-order valence-corrected chi connectivity index (χ4v) is 0. The third-order valence-corrected chi connectivity index (χ3v) is 0. The van der Waals surface area contributed by atoms with Gasteiger partial charge < -0.3 is 0 Å². The van der Waals surface area contributed by atoms with Gasteiger partial charge in [-0.15, -0.1) is 0 Å². The maximum Gasteiger partial charge on any atom is 0 e. The molecule has 0 nitrogen and oxygen atoms in total. The van der Waals surface area contributed by atoms with Crippen molar-refractivity contribution in [1.29, 1.82) is 0 Å². The molecule has 0 rings (SSSR count). The second-order valence-electron chi connectivity index (χ2n) is 0. The van der Waals surface area contributed by atoms with E-state index in [0.717, 1.165) is 0 Å². The minimum atomic E-state index is 0. The Bertz CT molecular complexity index is 4.00. The monoisotopic (exact) mass is 520 g/mol. The van der Waals surface area contributed by atoms with E-state index in [1.165, 1.54) is 0 Å². The fraction of sp³-hybridized carbons (Fsp3) is 0. The molecule has 0 aliphatic heterocycles. The molecule has 4 heteroatoms. The van der Waals surface area contributed by atoms with E-state index in [4.69, 9.17) is 0 Å². The average molecular weight is 518 g/mol. The van der Waals surface area contributed by atoms with Crippen molar-refractivity contribution in [3.8, 4) is 0 Å². The Morgan fingerprint density at radius 1 is 0.500 bits per heavy atom. The number of hydrogen-bond donors (Lipinski definition) is 0. The Morgan fingerprint density at radius 3 is 0.500 bits per heavy atom. The summed E-state index contributed by atoms with van der Waals surface area (Å²) in [6.07, 6.45) is 0. The van der Waals surface area contributed by atoms with Gasteiger partial charge in [0.25, 0.3) is 0 Å². The zero-order valence-electron chi connectivity index (χ0n) is 2.00. The van der Waals surface area contributed by atoms with Crippen LogP contribution in [-0.2, 0) is 0 Å². The van der Waals surface area contributed by atoms with Gasteiger partial charge in [-0.2, -0.15) is 0 Å². The third kappa shape index (κ3) is 9.61. The smallest absolute Gasteiger partial charge is 0 e. The number of hydrogen-bond acceptors (Lipinski definition) is 0. The molecule has 0 heterocycles. The van der Waals surface area contributed by atoms with E-state index in [1.807, 2.05) is 0 Å². The van der Waals surface area contributed by atoms with E-state index in [9.17, 15) is 0 Å². The van der Waals surface area contributed by atoms with Crippen molar-refractivity contribution in [2.24, 2.45) is 0 Å². The van der Waals surface area contributed by atoms with Crippen LogP contribution in [0, 0.1) is 83.5 Å². The predicted octanol–water partition coefficient (Wildman–Crippen LogP) is -0.762. The average Bonchev–Trinajstić information content (AvgIpc) is 0. The van der Waals surface area contributed by atoms with E-state index in [-0.39, 0.29) is 131 Å². The van der Waals surface area contributed by atoms with Crippen LogP contribution in [0.2, 0.25) is 0 Å². The standard InChI is InChI=1S/2Ce.2Sn. The van der Waals surface area contributed by atoms with Gasteiger partial charge in [0, 0.05) is 131 Å². The van der Waals surface area contributed by atoms with Crippen LogP contribution in [0.4, 0.5) is 0 Å². The van der Waals surface area contributed by atoms with E-state index in [0.29, 0.717) is 0 Å². The molecule has 0 N–H and O–H groups in total. The molecule has 0 bridgehead atoms. The Hall–Kier alpha value is 4.35. The van der Waals surface area contributed by atoms with Gasteiger partial charge in [0.2, 0.25) is 0 Å². The van der Waals surface area contributed by atoms with Crippen molar-refractivity contribution in [2.75, 3.05) is 0 Å². The maximum absolute atomic E-state index is 0. The molecule has 0 unspecified atom stereocenters. The molecule has 0 saturated carbocycles. The van der Waals surface area contributed by atoms with Gasteiger partial charge in [-0.3, -0.25) is 0 Å². The first-order chi connectivity index (χ1) is 0. The van der Waals surface area contributed by atoms with Gasteiger partial charge in [-0.1, -0.05) is 0 Å². The molecule has 0 aromatic heterocycles. The molecule has 16 valence electrons. The molecule has 0 aromatic rings. The molecule has 0 atom stereocenters. The summed E-state index contributed by atoms with van der Waals surface area (Å²) in [4.78, 5) is 0. The Kier molecular flexibility index (Phi) is 93.3. The van der Waals surface area contributed by atoms with Crippen molar-refractivity contribution in [2.45, 2.75) is 0 Å². The van der Waals surface area contributed by atoms with E-state index >= 15 is 0 Å². The molecule has 8 radical (unpaired) electrons. The van der Waals surface area contributed by atoms with Gasteiger partial charge in [0.05, 0.1) is 0 Å². The maximum atomic E-state index is 0. The molecule has 4 heavy (non-hydrogen) atoms. The van der Waals surface area contributed by atoms with Crippen LogP contribution in [-0.4, -0.2) is 47.8 Å². The van der Waals surface area contributed by atoms with Crippen molar-refractivity contribution in [3.63, 3.8) is 0 Å². The molecule has 0 spiro atoms. The second-order valence-corrected chi connectivity index (χ2v) is 0. The first kappa shape index (κ1) is 23.8. The minimum absolute atomic E-state index is 0. The van der Waals surface area contributed by atoms with Crippen LogP contribution < -0.4 is 0 Å². The van der Waals surface area contributed by atoms with Crippen LogP contribution in [0.25, 0.3) is 0 Å². The van der Waals surface area contributed by atoms with Crippen molar-refractivity contribution in [1.82, 2.24) is 0 Å². The summed E-state index contributed by atoms with van der Waals surface area (Å²) < 4.78 is 0. The summed E-state index contributed by atoms with van der Waals surface area (Å²) in [5.41, 5.74) is 0. The normalized spacial score (nSPS) is 0. The summed E-state index contributed by atoms with van der Waals surface area (Å²) in [7, 11) is 0. The SMILES string of the molecule is [Ce].[Ce].[Sn].[Sn]. The minimum Gasteiger partial charge on any atom is 0 e. The summed E-state index contributed by atoms with van der Waals surface area (Å²) in [5, 5.41) is 0. The van der Waals surface area contributed by atoms with Crippen LogP contribution in [0.3, 0.4) is 0 Å². The van der Waals surface area contributed by atoms with Crippen LogP contribution in [0.5, 0.6) is 0 Å². The Morgan fingerprint density at radius 2 is 0.500 bits per heavy atom. The van der Waals surface area contributed by atoms with Crippen molar-refractivity contribution >= 4 is 47.8 Å². The van der Waals surface area contributed by atoms with Gasteiger partial charge in [0.15, 0.2) is 0 Å². The molecule has 0 aliphatic rings. The summed E-state index contributed by atoms with van der Waals surface area (Å²) in [6.45, 7) is 0. The van der Waals surface area contributed by atoms with Crippen molar-refractivity contribution < 1.29 is 83.5 Å². The molecule has 0 fully saturated rings. The molecule has 0 saturated heterocycles. The number of rotatable bonds is 0. The zero-order chi connectivity index (χ0) is 0. The fourth-order valence-electron chi connectivity index (χ4n) is 0. The van der Waals surface area contributed by atoms with Gasteiger partial charge >= 0.3 is 0 Å². The van der Waals surface area contributed by atoms with E-state index < -0.39 is 0 Å². The summed E-state index contributed by atoms with van der Waals surface area (Å²) in [6, 6.07) is 0. The Labute approximate surface area is 127 Å². The second kappa shape index (κ2) is 15.7. The molecule has 0 aromatic carbocycles. The van der Waals surface area contributed by atoms with Gasteiger partial charge in [-0.25, -0.2) is 0 Å². The van der Waals surface area contributed by atoms with Crippen molar-refractivity contribution in [3.05, 3.63) is 0 Å². The zero-order valence-corrected chi connectivity index (χ0v) is 14.0. The molecular weight excluding hydrogens is 518 g/mol. The molecule has 0 aliphatic carbocycles. The van der Waals surface area contributed by atoms with E-state index in [2.05, 4.69) is 0 Å². The molecule has 0 amide bonds. The van der Waals surface area contributed by atoms with E-state index in [1.54, 1.807) is 0 Å². The topological polar surface area (TPSA) is 0 Å². The van der Waals surface area contributed by atoms with Crippen LogP contribution in [0.15, 0.2) is 0 Å². The first-order valence-electron chi connectivity index (χ1n) is 0. The van der Waals surface area contributed by atoms with Gasteiger partial charge in [-0.05, 0) is 0 Å². The predicted molar refractivity (Wildman–Crippen MR) is 11.5 cm³/mol. The largest absolute Gasteiger partial charge is 0 e. The first-order valence-corrected chi connectivity index (χ1v) is 0. The van der Waals surface area contributed by atoms with Crippen LogP contribution in [0.1, 0.15) is 0 Å². The quantitative estimate of drug-likeness (QED) is 0.371. The third-order valence-electron chi connectivity index (χ3n) is 0. The summed E-state index contributed by atoms with van der Waals surface area (Å²) in [5.74, 6) is 0.